The maximum absolute atomic E-state index is 13.3. The van der Waals surface area contributed by atoms with Crippen LogP contribution in [0.5, 0.6) is 0 Å². The van der Waals surface area contributed by atoms with E-state index >= 15 is 0 Å². The molecule has 0 aliphatic heterocycles. The molecule has 32 heavy (non-hydrogen) atoms. The lowest BCUT2D eigenvalue weighted by molar-refractivity contribution is -0.119. The van der Waals surface area contributed by atoms with Gasteiger partial charge < -0.3 is 10.6 Å². The largest absolute Gasteiger partial charge is 0.383 e. The molecule has 172 valence electrons. The molecule has 0 unspecified atom stereocenters. The first-order valence-electron chi connectivity index (χ1n) is 10.5. The summed E-state index contributed by atoms with van der Waals surface area (Å²) in [4.78, 5) is 58.7. The number of anilines is 2. The third kappa shape index (κ3) is 4.34. The molecule has 3 N–H and O–H groups in total. The van der Waals surface area contributed by atoms with Crippen molar-refractivity contribution < 1.29 is 4.79 Å². The molecule has 0 aliphatic carbocycles. The van der Waals surface area contributed by atoms with Gasteiger partial charge in [0, 0.05) is 20.1 Å². The Labute approximate surface area is 183 Å². The first kappa shape index (κ1) is 23.0. The minimum Gasteiger partial charge on any atom is -0.383 e. The molecule has 0 radical (unpaired) electrons. The molecule has 12 nitrogen and oxygen atoms in total. The lowest BCUT2D eigenvalue weighted by Crippen LogP contribution is -2.44. The third-order valence-corrected chi connectivity index (χ3v) is 5.09. The average Bonchev–Trinajstić information content (AvgIpc) is 3.11. The number of nitrogens with two attached hydrogens (primary N) is 1. The highest BCUT2D eigenvalue weighted by atomic mass is 16.2. The van der Waals surface area contributed by atoms with Crippen molar-refractivity contribution in [1.82, 2.24) is 28.9 Å². The number of fused-ring (bicyclic) bond motifs is 1. The van der Waals surface area contributed by atoms with E-state index in [1.807, 2.05) is 20.8 Å². The number of carbonyl (C=O) groups is 1. The molecule has 3 aromatic heterocycles. The summed E-state index contributed by atoms with van der Waals surface area (Å²) in [6.07, 6.45) is 4.03. The van der Waals surface area contributed by atoms with Crippen molar-refractivity contribution in [3.8, 4) is 0 Å². The lowest BCUT2D eigenvalue weighted by Gasteiger charge is -2.25. The van der Waals surface area contributed by atoms with Gasteiger partial charge in [-0.05, 0) is 12.3 Å². The standard InChI is InChI=1S/C20H28N8O4/c1-5-6-7-27(15-16(21)28(9-12(2)3)20(32)24-18(15)30)14(29)10-26-11-22-17-13(19(26)31)8-23-25(17)4/h8,11-12H,5-7,9-10,21H2,1-4H3,(H,24,30,32). The van der Waals surface area contributed by atoms with E-state index in [1.165, 1.54) is 31.2 Å². The molecule has 3 heterocycles. The van der Waals surface area contributed by atoms with Crippen molar-refractivity contribution in [2.75, 3.05) is 17.2 Å². The van der Waals surface area contributed by atoms with Crippen molar-refractivity contribution in [2.24, 2.45) is 13.0 Å². The zero-order chi connectivity index (χ0) is 23.6. The van der Waals surface area contributed by atoms with E-state index in [0.717, 1.165) is 6.42 Å². The van der Waals surface area contributed by atoms with Crippen LogP contribution in [-0.2, 0) is 24.9 Å². The number of aryl methyl sites for hydroxylation is 1. The minimum atomic E-state index is -0.745. The van der Waals surface area contributed by atoms with Gasteiger partial charge >= 0.3 is 5.69 Å². The summed E-state index contributed by atoms with van der Waals surface area (Å²) >= 11 is 0. The molecule has 3 aromatic rings. The number of aromatic amines is 1. The van der Waals surface area contributed by atoms with Crippen molar-refractivity contribution >= 4 is 28.4 Å². The van der Waals surface area contributed by atoms with Gasteiger partial charge in [0.2, 0.25) is 5.91 Å². The first-order valence-corrected chi connectivity index (χ1v) is 10.5. The number of nitrogens with zero attached hydrogens (tertiary/aromatic N) is 6. The van der Waals surface area contributed by atoms with E-state index in [9.17, 15) is 19.2 Å². The van der Waals surface area contributed by atoms with Gasteiger partial charge in [0.25, 0.3) is 11.1 Å². The Morgan fingerprint density at radius 1 is 1.28 bits per heavy atom. The molecule has 1 amide bonds. The van der Waals surface area contributed by atoms with Crippen LogP contribution in [0, 0.1) is 5.92 Å². The molecule has 12 heteroatoms. The maximum atomic E-state index is 13.3. The lowest BCUT2D eigenvalue weighted by atomic mass is 10.2. The molecule has 0 saturated heterocycles. The quantitative estimate of drug-likeness (QED) is 0.497. The van der Waals surface area contributed by atoms with Gasteiger partial charge in [-0.2, -0.15) is 5.10 Å². The number of nitrogens with one attached hydrogen (secondary N) is 1. The van der Waals surface area contributed by atoms with Crippen LogP contribution in [0.4, 0.5) is 11.5 Å². The molecular weight excluding hydrogens is 416 g/mol. The zero-order valence-electron chi connectivity index (χ0n) is 18.7. The predicted molar refractivity (Wildman–Crippen MR) is 121 cm³/mol. The Morgan fingerprint density at radius 3 is 2.66 bits per heavy atom. The van der Waals surface area contributed by atoms with Crippen molar-refractivity contribution in [1.29, 1.82) is 0 Å². The Kier molecular flexibility index (Phi) is 6.61. The van der Waals surface area contributed by atoms with Crippen molar-refractivity contribution in [2.45, 2.75) is 46.7 Å². The minimum absolute atomic E-state index is 0.0786. The number of nitrogen functional groups attached to an aromatic ring is 1. The zero-order valence-corrected chi connectivity index (χ0v) is 18.7. The summed E-state index contributed by atoms with van der Waals surface area (Å²) in [7, 11) is 1.66. The summed E-state index contributed by atoms with van der Waals surface area (Å²) in [5.74, 6) is -0.507. The highest BCUT2D eigenvalue weighted by Crippen LogP contribution is 2.19. The Bertz CT molecular complexity index is 1310. The fraction of sp³-hybridized carbons (Fsp3) is 0.500. The summed E-state index contributed by atoms with van der Waals surface area (Å²) in [6, 6.07) is 0. The number of unbranched alkanes of at least 4 members (excludes halogenated alkanes) is 1. The monoisotopic (exact) mass is 444 g/mol. The fourth-order valence-electron chi connectivity index (χ4n) is 3.47. The molecule has 3 rings (SSSR count). The van der Waals surface area contributed by atoms with E-state index < -0.39 is 22.7 Å². The number of H-pyrrole nitrogens is 1. The van der Waals surface area contributed by atoms with E-state index in [2.05, 4.69) is 15.1 Å². The second-order valence-electron chi connectivity index (χ2n) is 8.08. The predicted octanol–water partition coefficient (Wildman–Crippen LogP) is 0.0515. The van der Waals surface area contributed by atoms with Crippen LogP contribution in [0.15, 0.2) is 26.9 Å². The SMILES string of the molecule is CCCCN(C(=O)Cn1cnc2c(cnn2C)c1=O)c1c(N)n(CC(C)C)c(=O)[nH]c1=O. The van der Waals surface area contributed by atoms with Crippen LogP contribution in [0.1, 0.15) is 33.6 Å². The molecule has 0 fully saturated rings. The topological polar surface area (TPSA) is 154 Å². The average molecular weight is 444 g/mol. The molecule has 0 atom stereocenters. The normalized spacial score (nSPS) is 11.4. The van der Waals surface area contributed by atoms with Gasteiger partial charge in [0.15, 0.2) is 11.3 Å². The van der Waals surface area contributed by atoms with Gasteiger partial charge in [0.05, 0.1) is 6.20 Å². The molecular formula is C20H28N8O4. The number of hydrogen-bond acceptors (Lipinski definition) is 7. The van der Waals surface area contributed by atoms with E-state index in [0.29, 0.717) is 12.1 Å². The Hall–Kier alpha value is -3.70. The van der Waals surface area contributed by atoms with E-state index in [1.54, 1.807) is 7.05 Å². The van der Waals surface area contributed by atoms with E-state index in [4.69, 9.17) is 5.73 Å². The summed E-state index contributed by atoms with van der Waals surface area (Å²) < 4.78 is 3.89. The Balaban J connectivity index is 2.05. The van der Waals surface area contributed by atoms with Crippen LogP contribution >= 0.6 is 0 Å². The van der Waals surface area contributed by atoms with Crippen LogP contribution in [0.3, 0.4) is 0 Å². The van der Waals surface area contributed by atoms with Gasteiger partial charge in [0.1, 0.15) is 24.1 Å². The number of carbonyl (C=O) groups excluding carboxylic acids is 1. The molecule has 0 aromatic carbocycles. The second-order valence-corrected chi connectivity index (χ2v) is 8.08. The van der Waals surface area contributed by atoms with Crippen LogP contribution < -0.4 is 27.4 Å². The van der Waals surface area contributed by atoms with Gasteiger partial charge in [-0.1, -0.05) is 27.2 Å². The number of rotatable bonds is 8. The van der Waals surface area contributed by atoms with Crippen molar-refractivity contribution in [3.63, 3.8) is 0 Å². The summed E-state index contributed by atoms with van der Waals surface area (Å²) in [5.41, 5.74) is 4.72. The third-order valence-electron chi connectivity index (χ3n) is 5.09. The summed E-state index contributed by atoms with van der Waals surface area (Å²) in [5, 5.41) is 4.30. The Morgan fingerprint density at radius 2 is 2.00 bits per heavy atom. The number of amides is 1. The highest BCUT2D eigenvalue weighted by molar-refractivity contribution is 5.95. The van der Waals surface area contributed by atoms with Crippen LogP contribution in [0.25, 0.3) is 11.0 Å². The van der Waals surface area contributed by atoms with Gasteiger partial charge in [-0.25, -0.2) is 9.78 Å². The summed E-state index contributed by atoms with van der Waals surface area (Å²) in [6.45, 7) is 5.91. The molecule has 0 aliphatic rings. The fourth-order valence-corrected chi connectivity index (χ4v) is 3.47. The van der Waals surface area contributed by atoms with Crippen LogP contribution in [-0.4, -0.2) is 41.3 Å². The molecule has 0 saturated carbocycles. The first-order chi connectivity index (χ1) is 15.1. The van der Waals surface area contributed by atoms with Crippen molar-refractivity contribution in [3.05, 3.63) is 43.7 Å². The van der Waals surface area contributed by atoms with E-state index in [-0.39, 0.29) is 42.4 Å². The van der Waals surface area contributed by atoms with Crippen LogP contribution in [0.2, 0.25) is 0 Å². The second kappa shape index (κ2) is 9.20. The molecule has 0 spiro atoms. The smallest absolute Gasteiger partial charge is 0.330 e. The van der Waals surface area contributed by atoms with Gasteiger partial charge in [-0.15, -0.1) is 0 Å². The number of hydrogen-bond donors (Lipinski definition) is 2. The maximum Gasteiger partial charge on any atom is 0.330 e. The number of aromatic nitrogens is 6. The van der Waals surface area contributed by atoms with Gasteiger partial charge in [-0.3, -0.25) is 33.2 Å². The highest BCUT2D eigenvalue weighted by Gasteiger charge is 2.25. The molecule has 0 bridgehead atoms.